The van der Waals surface area contributed by atoms with Crippen LogP contribution in [-0.2, 0) is 19.3 Å². The molecule has 13 aromatic rings. The number of aromatic carboxylic acids is 8. The second-order valence-electron chi connectivity index (χ2n) is 25.0. The molecule has 0 radical (unpaired) electrons. The van der Waals surface area contributed by atoms with Crippen molar-refractivity contribution in [2.24, 2.45) is 0 Å². The lowest BCUT2D eigenvalue weighted by molar-refractivity contribution is 0.0655. The van der Waals surface area contributed by atoms with Crippen LogP contribution in [0.2, 0.25) is 0 Å². The predicted octanol–water partition coefficient (Wildman–Crippen LogP) is 19.0. The largest absolute Gasteiger partial charge is 0.478 e. The van der Waals surface area contributed by atoms with Crippen LogP contribution in [-0.4, -0.2) is 93.6 Å². The van der Waals surface area contributed by atoms with Crippen molar-refractivity contribution < 1.29 is 96.9 Å². The summed E-state index contributed by atoms with van der Waals surface area (Å²) >= 11 is 0. The highest BCUT2D eigenvalue weighted by Gasteiger charge is 2.19. The Morgan fingerprint density at radius 3 is 1.50 bits per heavy atom. The first-order chi connectivity index (χ1) is 49.4. The van der Waals surface area contributed by atoms with E-state index in [9.17, 15) is 38.4 Å². The molecule has 0 unspecified atom stereocenters. The van der Waals surface area contributed by atoms with E-state index in [0.717, 1.165) is 102 Å². The Balaban J connectivity index is 0.000000138. The number of aromatic amines is 1. The predicted molar refractivity (Wildman–Crippen MR) is 394 cm³/mol. The molecule has 8 aromatic carbocycles. The lowest BCUT2D eigenvalue weighted by Gasteiger charge is -2.02. The van der Waals surface area contributed by atoms with Gasteiger partial charge in [0.25, 0.3) is 0 Å². The van der Waals surface area contributed by atoms with E-state index in [2.05, 4.69) is 24.9 Å². The number of nitrogens with one attached hydrogen (secondary N) is 1. The minimum Gasteiger partial charge on any atom is -0.478 e. The fourth-order valence-electron chi connectivity index (χ4n) is 11.5. The number of fused-ring (bicyclic) bond motifs is 8. The molecular formula is C83H71NO20. The van der Waals surface area contributed by atoms with Crippen LogP contribution in [0.15, 0.2) is 211 Å². The molecule has 104 heavy (non-hydrogen) atoms. The summed E-state index contributed by atoms with van der Waals surface area (Å²) in [6.45, 7) is 15.8. The zero-order valence-electron chi connectivity index (χ0n) is 57.6. The number of hydrogen-bond acceptors (Lipinski definition) is 12. The number of H-pyrrole nitrogens is 1. The Kier molecular flexibility index (Phi) is 23.4. The molecule has 21 heteroatoms. The van der Waals surface area contributed by atoms with Crippen LogP contribution in [0.25, 0.3) is 73.0 Å². The Morgan fingerprint density at radius 2 is 0.846 bits per heavy atom. The molecule has 21 nitrogen and oxygen atoms in total. The Bertz CT molecular complexity index is 5400. The number of hydrogen-bond donors (Lipinski definition) is 9. The number of allylic oxidation sites excluding steroid dienone is 3. The minimum absolute atomic E-state index is 0.0133. The molecule has 3 aliphatic carbocycles. The molecule has 0 saturated carbocycles. The van der Waals surface area contributed by atoms with Crippen molar-refractivity contribution in [2.75, 3.05) is 0 Å². The molecule has 0 bridgehead atoms. The van der Waals surface area contributed by atoms with Gasteiger partial charge >= 0.3 is 47.8 Å². The van der Waals surface area contributed by atoms with E-state index >= 15 is 0 Å². The highest BCUT2D eigenvalue weighted by molar-refractivity contribution is 6.04. The number of rotatable bonds is 8. The van der Waals surface area contributed by atoms with Crippen molar-refractivity contribution in [1.29, 1.82) is 0 Å². The number of furan rings is 4. The maximum atomic E-state index is 10.8. The van der Waals surface area contributed by atoms with Gasteiger partial charge in [-0.1, -0.05) is 107 Å². The van der Waals surface area contributed by atoms with E-state index in [1.807, 2.05) is 139 Å². The van der Waals surface area contributed by atoms with Gasteiger partial charge in [0, 0.05) is 38.6 Å². The van der Waals surface area contributed by atoms with E-state index in [-0.39, 0.29) is 22.6 Å². The molecule has 5 heterocycles. The molecule has 0 amide bonds. The summed E-state index contributed by atoms with van der Waals surface area (Å²) in [6.07, 6.45) is 11.6. The maximum absolute atomic E-state index is 10.8. The second-order valence-corrected chi connectivity index (χ2v) is 25.0. The van der Waals surface area contributed by atoms with Crippen molar-refractivity contribution in [3.8, 4) is 0 Å². The van der Waals surface area contributed by atoms with Crippen LogP contribution in [0.4, 0.5) is 0 Å². The highest BCUT2D eigenvalue weighted by Crippen LogP contribution is 2.30. The summed E-state index contributed by atoms with van der Waals surface area (Å²) in [5.41, 5.74) is 20.0. The third kappa shape index (κ3) is 18.8. The molecule has 0 aliphatic heterocycles. The molecule has 9 N–H and O–H groups in total. The Hall–Kier alpha value is -13.6. The minimum atomic E-state index is -1.03. The van der Waals surface area contributed by atoms with Gasteiger partial charge in [0.15, 0.2) is 0 Å². The van der Waals surface area contributed by atoms with Gasteiger partial charge in [-0.15, -0.1) is 0 Å². The fraction of sp³-hybridized carbons (Fsp3) is 0.133. The fourth-order valence-corrected chi connectivity index (χ4v) is 11.5. The SMILES string of the molecule is CC1=Cc2cc(C(=O)O)ccc2C1.CC1=Cc2ccc(C(=O)O)cc2C1.CC1=Cc2cccc(C(=O)O)c2C1.Cc1cc2ccc(C(=O)O)cc2o1.Cc1ccc2c(C(=O)O)c[nH]c2c1.Cc1ccc2c(C(=O)O)coc2c1.Cc1ccc2cc(C(=O)O)oc2c1.Cc1ccc2oc(C(=O)O)cc2c1. The lowest BCUT2D eigenvalue weighted by atomic mass is 10.0. The van der Waals surface area contributed by atoms with E-state index in [1.54, 1.807) is 60.7 Å². The van der Waals surface area contributed by atoms with Gasteiger partial charge in [-0.05, 0) is 222 Å². The van der Waals surface area contributed by atoms with Crippen LogP contribution in [0.5, 0.6) is 0 Å². The first-order valence-electron chi connectivity index (χ1n) is 32.2. The van der Waals surface area contributed by atoms with Crippen LogP contribution >= 0.6 is 0 Å². The average Bonchev–Trinajstić information content (AvgIpc) is 1.72. The van der Waals surface area contributed by atoms with E-state index in [4.69, 9.17) is 58.5 Å². The maximum Gasteiger partial charge on any atom is 0.371 e. The third-order valence-electron chi connectivity index (χ3n) is 16.5. The summed E-state index contributed by atoms with van der Waals surface area (Å²) < 4.78 is 20.6. The summed E-state index contributed by atoms with van der Waals surface area (Å²) in [5.74, 6) is -6.64. The van der Waals surface area contributed by atoms with Gasteiger partial charge in [0.2, 0.25) is 11.5 Å². The molecule has 0 saturated heterocycles. The Morgan fingerprint density at radius 1 is 0.346 bits per heavy atom. The molecule has 3 aliphatic rings. The number of aromatic nitrogens is 1. The van der Waals surface area contributed by atoms with Gasteiger partial charge in [0.05, 0.1) is 27.8 Å². The van der Waals surface area contributed by atoms with Crippen molar-refractivity contribution in [3.63, 3.8) is 0 Å². The van der Waals surface area contributed by atoms with E-state index in [1.165, 1.54) is 52.9 Å². The molecule has 0 atom stereocenters. The van der Waals surface area contributed by atoms with Gasteiger partial charge in [-0.3, -0.25) is 0 Å². The molecule has 5 aromatic heterocycles. The van der Waals surface area contributed by atoms with Crippen molar-refractivity contribution in [3.05, 3.63) is 299 Å². The standard InChI is InChI=1S/3C11H10O2.C10H9NO2.4C10H8O3/c2*1-7-4-8-2-3-9(11(12)13)6-10(8)5-7;1-7-5-8-3-2-4-9(11(12)13)10(8)6-7;1-6-2-3-7-8(10(12)13)5-11-9(7)4-6;1-6-4-7-2-3-8(10(11)12)5-9(7)13-6;1-6-2-3-8-7(4-6)5-9(13-8)10(11)12;1-6-2-3-7-8(10(11)12)5-13-9(7)4-6;1-6-2-3-7-5-9(10(11)12)13-8(7)4-6/h2-3,5-6H,4H2,1H3,(H,12,13);2-4,6H,5H2,1H3,(H,12,13);2-5H,6H2,1H3,(H,12,13);2-5,11H,1H3,(H,12,13);4*2-5H,1H3,(H,11,12). The summed E-state index contributed by atoms with van der Waals surface area (Å²) in [6, 6.07) is 48.0. The van der Waals surface area contributed by atoms with Crippen molar-refractivity contribution in [2.45, 2.75) is 74.7 Å². The first kappa shape index (κ1) is 74.7. The quantitative estimate of drug-likeness (QED) is 0.0682. The third-order valence-corrected chi connectivity index (χ3v) is 16.5. The molecule has 0 spiro atoms. The number of carboxylic acid groups (broad SMARTS) is 8. The monoisotopic (exact) mass is 1400 g/mol. The van der Waals surface area contributed by atoms with Gasteiger partial charge in [0.1, 0.15) is 39.9 Å². The number of carboxylic acids is 8. The van der Waals surface area contributed by atoms with E-state index in [0.29, 0.717) is 50.0 Å². The van der Waals surface area contributed by atoms with Crippen LogP contribution in [0.3, 0.4) is 0 Å². The van der Waals surface area contributed by atoms with Gasteiger partial charge in [-0.2, -0.15) is 0 Å². The summed E-state index contributed by atoms with van der Waals surface area (Å²) in [5, 5.41) is 74.1. The van der Waals surface area contributed by atoms with Crippen molar-refractivity contribution >= 4 is 121 Å². The average molecular weight is 1400 g/mol. The van der Waals surface area contributed by atoms with E-state index < -0.39 is 47.8 Å². The number of aryl methyl sites for hydroxylation is 5. The zero-order valence-corrected chi connectivity index (χ0v) is 57.6. The van der Waals surface area contributed by atoms with Gasteiger partial charge in [-0.25, -0.2) is 38.4 Å². The summed E-state index contributed by atoms with van der Waals surface area (Å²) in [4.78, 5) is 88.3. The van der Waals surface area contributed by atoms with Crippen LogP contribution < -0.4 is 0 Å². The first-order valence-corrected chi connectivity index (χ1v) is 32.2. The topological polar surface area (TPSA) is 367 Å². The molecule has 16 rings (SSSR count). The van der Waals surface area contributed by atoms with Crippen LogP contribution in [0.1, 0.15) is 165 Å². The highest BCUT2D eigenvalue weighted by atomic mass is 16.4. The summed E-state index contributed by atoms with van der Waals surface area (Å²) in [7, 11) is 0. The number of carbonyl (C=O) groups is 8. The number of benzene rings is 8. The molecular weight excluding hydrogens is 1330 g/mol. The normalized spacial score (nSPS) is 11.8. The molecule has 528 valence electrons. The lowest BCUT2D eigenvalue weighted by Crippen LogP contribution is -2.01. The smallest absolute Gasteiger partial charge is 0.371 e. The second kappa shape index (κ2) is 32.6. The van der Waals surface area contributed by atoms with Crippen LogP contribution in [0, 0.1) is 34.6 Å². The van der Waals surface area contributed by atoms with Gasteiger partial charge < -0.3 is 63.5 Å². The van der Waals surface area contributed by atoms with Crippen molar-refractivity contribution in [1.82, 2.24) is 4.98 Å². The zero-order chi connectivity index (χ0) is 75.4. The molecule has 0 fully saturated rings. The Labute approximate surface area is 593 Å².